The van der Waals surface area contributed by atoms with E-state index in [0.717, 1.165) is 17.3 Å². The van der Waals surface area contributed by atoms with Gasteiger partial charge in [0.05, 0.1) is 7.11 Å². The average Bonchev–Trinajstić information content (AvgIpc) is 2.29. The molecule has 0 spiro atoms. The van der Waals surface area contributed by atoms with Crippen LogP contribution < -0.4 is 4.74 Å². The molecule has 1 unspecified atom stereocenters. The first-order valence-corrected chi connectivity index (χ1v) is 6.67. The molecule has 0 aliphatic heterocycles. The molecule has 16 heavy (non-hydrogen) atoms. The molecule has 0 saturated heterocycles. The van der Waals surface area contributed by atoms with Gasteiger partial charge >= 0.3 is 0 Å². The zero-order chi connectivity index (χ0) is 12.0. The summed E-state index contributed by atoms with van der Waals surface area (Å²) < 4.78 is 5.08. The number of carbonyl (C=O) groups is 1. The van der Waals surface area contributed by atoms with Gasteiger partial charge in [0.15, 0.2) is 5.12 Å². The number of methoxy groups -OCH3 is 1. The van der Waals surface area contributed by atoms with Crippen LogP contribution in [-0.2, 0) is 10.5 Å². The highest BCUT2D eigenvalue weighted by Crippen LogP contribution is 2.19. The Morgan fingerprint density at radius 1 is 1.44 bits per heavy atom. The van der Waals surface area contributed by atoms with Crippen LogP contribution in [0.2, 0.25) is 0 Å². The van der Waals surface area contributed by atoms with Gasteiger partial charge < -0.3 is 4.74 Å². The van der Waals surface area contributed by atoms with E-state index in [2.05, 4.69) is 12.6 Å². The molecule has 1 aromatic rings. The predicted molar refractivity (Wildman–Crippen MR) is 72.3 cm³/mol. The molecule has 1 aromatic carbocycles. The molecule has 0 heterocycles. The molecule has 0 N–H and O–H groups in total. The van der Waals surface area contributed by atoms with Crippen LogP contribution in [0, 0.1) is 5.92 Å². The summed E-state index contributed by atoms with van der Waals surface area (Å²) in [5.74, 6) is 2.61. The first kappa shape index (κ1) is 13.5. The first-order valence-electron chi connectivity index (χ1n) is 5.07. The number of thiol groups is 1. The second kappa shape index (κ2) is 6.86. The van der Waals surface area contributed by atoms with E-state index in [1.807, 2.05) is 31.2 Å². The van der Waals surface area contributed by atoms with Gasteiger partial charge in [-0.2, -0.15) is 11.8 Å². The maximum absolute atomic E-state index is 10.9. The van der Waals surface area contributed by atoms with E-state index < -0.39 is 0 Å². The third-order valence-corrected chi connectivity index (χ3v) is 3.93. The molecule has 88 valence electrons. The fourth-order valence-corrected chi connectivity index (χ4v) is 2.41. The lowest BCUT2D eigenvalue weighted by atomic mass is 10.2. The molecule has 0 saturated carbocycles. The number of carbonyl (C=O) groups excluding carboxylic acids is 1. The highest BCUT2D eigenvalue weighted by Gasteiger charge is 2.08. The van der Waals surface area contributed by atoms with E-state index in [0.29, 0.717) is 0 Å². The molecule has 0 aromatic heterocycles. The van der Waals surface area contributed by atoms with Gasteiger partial charge in [0.25, 0.3) is 0 Å². The van der Waals surface area contributed by atoms with Gasteiger partial charge in [-0.15, -0.1) is 12.6 Å². The molecule has 2 nitrogen and oxygen atoms in total. The first-order chi connectivity index (χ1) is 7.63. The maximum atomic E-state index is 10.9. The number of hydrogen-bond acceptors (Lipinski definition) is 3. The second-order valence-electron chi connectivity index (χ2n) is 3.60. The molecule has 1 rings (SSSR count). The quantitative estimate of drug-likeness (QED) is 0.792. The Kier molecular flexibility index (Phi) is 5.77. The van der Waals surface area contributed by atoms with E-state index in [9.17, 15) is 4.79 Å². The minimum absolute atomic E-state index is 0.0200. The van der Waals surface area contributed by atoms with Gasteiger partial charge in [0.1, 0.15) is 5.75 Å². The Morgan fingerprint density at radius 3 is 2.56 bits per heavy atom. The van der Waals surface area contributed by atoms with E-state index in [1.54, 1.807) is 18.9 Å². The largest absolute Gasteiger partial charge is 0.497 e. The van der Waals surface area contributed by atoms with Crippen LogP contribution in [0.4, 0.5) is 0 Å². The van der Waals surface area contributed by atoms with Crippen LogP contribution in [0.15, 0.2) is 24.3 Å². The van der Waals surface area contributed by atoms with Crippen LogP contribution >= 0.6 is 24.4 Å². The van der Waals surface area contributed by atoms with Gasteiger partial charge in [-0.3, -0.25) is 4.79 Å². The summed E-state index contributed by atoms with van der Waals surface area (Å²) in [7, 11) is 1.66. The molecule has 0 fully saturated rings. The minimum Gasteiger partial charge on any atom is -0.497 e. The highest BCUT2D eigenvalue weighted by molar-refractivity contribution is 7.99. The average molecular weight is 256 g/mol. The summed E-state index contributed by atoms with van der Waals surface area (Å²) in [6, 6.07) is 7.98. The fourth-order valence-electron chi connectivity index (χ4n) is 1.15. The standard InChI is InChI=1S/C12H16O2S2/c1-9(12(13)15)7-16-8-10-3-5-11(14-2)6-4-10/h3-6,9H,7-8H2,1-2H3,(H,13,15). The number of ether oxygens (including phenoxy) is 1. The number of rotatable bonds is 6. The molecule has 0 radical (unpaired) electrons. The van der Waals surface area contributed by atoms with Crippen molar-refractivity contribution in [1.82, 2.24) is 0 Å². The van der Waals surface area contributed by atoms with Crippen molar-refractivity contribution in [1.29, 1.82) is 0 Å². The zero-order valence-corrected chi connectivity index (χ0v) is 11.2. The molecular weight excluding hydrogens is 240 g/mol. The summed E-state index contributed by atoms with van der Waals surface area (Å²) >= 11 is 5.56. The topological polar surface area (TPSA) is 26.3 Å². The number of hydrogen-bond donors (Lipinski definition) is 1. The van der Waals surface area contributed by atoms with Gasteiger partial charge in [0.2, 0.25) is 0 Å². The van der Waals surface area contributed by atoms with Crippen molar-refractivity contribution in [2.24, 2.45) is 5.92 Å². The van der Waals surface area contributed by atoms with Crippen LogP contribution in [0.3, 0.4) is 0 Å². The third kappa shape index (κ3) is 4.49. The Hall–Kier alpha value is -0.610. The van der Waals surface area contributed by atoms with Crippen LogP contribution in [0.25, 0.3) is 0 Å². The summed E-state index contributed by atoms with van der Waals surface area (Å²) in [5.41, 5.74) is 1.24. The molecule has 1 atom stereocenters. The summed E-state index contributed by atoms with van der Waals surface area (Å²) in [4.78, 5) is 10.9. The number of thioether (sulfide) groups is 1. The fraction of sp³-hybridized carbons (Fsp3) is 0.417. The Labute approximate surface area is 106 Å². The Balaban J connectivity index is 2.34. The zero-order valence-electron chi connectivity index (χ0n) is 9.47. The van der Waals surface area contributed by atoms with Crippen molar-refractivity contribution >= 4 is 29.5 Å². The molecular formula is C12H16O2S2. The van der Waals surface area contributed by atoms with Crippen LogP contribution in [-0.4, -0.2) is 18.0 Å². The lowest BCUT2D eigenvalue weighted by molar-refractivity contribution is -0.113. The van der Waals surface area contributed by atoms with Gasteiger partial charge in [-0.25, -0.2) is 0 Å². The Bertz CT molecular complexity index is 335. The monoisotopic (exact) mass is 256 g/mol. The minimum atomic E-state index is -0.0396. The van der Waals surface area contributed by atoms with E-state index in [1.165, 1.54) is 5.56 Å². The lowest BCUT2D eigenvalue weighted by Gasteiger charge is -2.06. The normalized spacial score (nSPS) is 12.2. The maximum Gasteiger partial charge on any atom is 0.189 e. The summed E-state index contributed by atoms with van der Waals surface area (Å²) in [6.07, 6.45) is 0. The lowest BCUT2D eigenvalue weighted by Crippen LogP contribution is -2.06. The smallest absolute Gasteiger partial charge is 0.189 e. The molecule has 0 bridgehead atoms. The van der Waals surface area contributed by atoms with E-state index in [-0.39, 0.29) is 11.0 Å². The number of benzene rings is 1. The van der Waals surface area contributed by atoms with E-state index in [4.69, 9.17) is 4.74 Å². The predicted octanol–water partition coefficient (Wildman–Crippen LogP) is 3.02. The van der Waals surface area contributed by atoms with E-state index >= 15 is 0 Å². The van der Waals surface area contributed by atoms with Gasteiger partial charge in [0, 0.05) is 17.4 Å². The van der Waals surface area contributed by atoms with Crippen molar-refractivity contribution in [2.75, 3.05) is 12.9 Å². The Morgan fingerprint density at radius 2 is 2.06 bits per heavy atom. The molecule has 0 aliphatic rings. The third-order valence-electron chi connectivity index (χ3n) is 2.22. The SMILES string of the molecule is COc1ccc(CSCC(C)C(=O)S)cc1. The van der Waals surface area contributed by atoms with Crippen molar-refractivity contribution in [2.45, 2.75) is 12.7 Å². The van der Waals surface area contributed by atoms with Crippen LogP contribution in [0.1, 0.15) is 12.5 Å². The molecule has 0 aliphatic carbocycles. The summed E-state index contributed by atoms with van der Waals surface area (Å²) in [6.45, 7) is 1.90. The molecule has 0 amide bonds. The van der Waals surface area contributed by atoms with Crippen molar-refractivity contribution in [3.63, 3.8) is 0 Å². The second-order valence-corrected chi connectivity index (χ2v) is 5.07. The highest BCUT2D eigenvalue weighted by atomic mass is 32.2. The van der Waals surface area contributed by atoms with Gasteiger partial charge in [-0.05, 0) is 17.7 Å². The molecule has 4 heteroatoms. The van der Waals surface area contributed by atoms with Gasteiger partial charge in [-0.1, -0.05) is 19.1 Å². The van der Waals surface area contributed by atoms with Crippen molar-refractivity contribution < 1.29 is 9.53 Å². The van der Waals surface area contributed by atoms with Crippen LogP contribution in [0.5, 0.6) is 5.75 Å². The van der Waals surface area contributed by atoms with Crippen molar-refractivity contribution in [3.05, 3.63) is 29.8 Å². The van der Waals surface area contributed by atoms with Crippen molar-refractivity contribution in [3.8, 4) is 5.75 Å². The summed E-state index contributed by atoms with van der Waals surface area (Å²) in [5, 5.41) is -0.0396.